The van der Waals surface area contributed by atoms with Gasteiger partial charge in [-0.3, -0.25) is 4.79 Å². The Bertz CT molecular complexity index is 612. The van der Waals surface area contributed by atoms with Gasteiger partial charge in [0.15, 0.2) is 0 Å². The van der Waals surface area contributed by atoms with Gasteiger partial charge in [-0.2, -0.15) is 0 Å². The zero-order valence-corrected chi connectivity index (χ0v) is 12.5. The average molecular weight is 300 g/mol. The molecule has 5 heteroatoms. The number of hydrogen-bond acceptors (Lipinski definition) is 4. The summed E-state index contributed by atoms with van der Waals surface area (Å²) in [6.07, 6.45) is 0.541. The van der Waals surface area contributed by atoms with Crippen LogP contribution in [0.15, 0.2) is 48.5 Å². The zero-order valence-electron chi connectivity index (χ0n) is 12.5. The van der Waals surface area contributed by atoms with Gasteiger partial charge in [0.2, 0.25) is 0 Å². The van der Waals surface area contributed by atoms with Crippen LogP contribution in [0.4, 0.5) is 11.4 Å². The summed E-state index contributed by atoms with van der Waals surface area (Å²) >= 11 is 0. The second-order valence-corrected chi connectivity index (χ2v) is 4.73. The monoisotopic (exact) mass is 300 g/mol. The van der Waals surface area contributed by atoms with Gasteiger partial charge in [-0.25, -0.2) is 0 Å². The van der Waals surface area contributed by atoms with Crippen molar-refractivity contribution in [2.45, 2.75) is 6.42 Å². The Hall–Kier alpha value is -2.53. The Labute approximate surface area is 129 Å². The summed E-state index contributed by atoms with van der Waals surface area (Å²) in [5.74, 6) is 0.616. The molecule has 3 N–H and O–H groups in total. The van der Waals surface area contributed by atoms with E-state index in [2.05, 4.69) is 10.6 Å². The fourth-order valence-corrected chi connectivity index (χ4v) is 2.00. The number of aliphatic hydroxyl groups excluding tert-OH is 1. The molecule has 5 nitrogen and oxygen atoms in total. The largest absolute Gasteiger partial charge is 0.497 e. The molecule has 0 atom stereocenters. The molecule has 2 aromatic carbocycles. The van der Waals surface area contributed by atoms with E-state index in [1.54, 1.807) is 13.2 Å². The predicted molar refractivity (Wildman–Crippen MR) is 86.8 cm³/mol. The maximum atomic E-state index is 12.2. The van der Waals surface area contributed by atoms with Crippen molar-refractivity contribution in [1.29, 1.82) is 0 Å². The van der Waals surface area contributed by atoms with Crippen LogP contribution in [0.3, 0.4) is 0 Å². The number of methoxy groups -OCH3 is 1. The highest BCUT2D eigenvalue weighted by Gasteiger charge is 2.10. The SMILES string of the molecule is COc1ccc(Nc2ccccc2C(=O)NCCCO)cc1. The molecule has 0 bridgehead atoms. The van der Waals surface area contributed by atoms with Crippen LogP contribution in [-0.4, -0.2) is 31.3 Å². The van der Waals surface area contributed by atoms with Crippen LogP contribution in [0, 0.1) is 0 Å². The molecule has 2 rings (SSSR count). The van der Waals surface area contributed by atoms with Crippen molar-refractivity contribution in [3.63, 3.8) is 0 Å². The topological polar surface area (TPSA) is 70.6 Å². The molecule has 0 fully saturated rings. The molecule has 116 valence electrons. The third kappa shape index (κ3) is 4.23. The Balaban J connectivity index is 2.11. The Kier molecular flexibility index (Phi) is 5.80. The lowest BCUT2D eigenvalue weighted by Crippen LogP contribution is -2.25. The summed E-state index contributed by atoms with van der Waals surface area (Å²) in [5.41, 5.74) is 2.17. The normalized spacial score (nSPS) is 10.1. The van der Waals surface area contributed by atoms with Crippen LogP contribution in [0.2, 0.25) is 0 Å². The van der Waals surface area contributed by atoms with E-state index in [1.807, 2.05) is 42.5 Å². The highest BCUT2D eigenvalue weighted by atomic mass is 16.5. The van der Waals surface area contributed by atoms with Gasteiger partial charge in [0.25, 0.3) is 5.91 Å². The van der Waals surface area contributed by atoms with Gasteiger partial charge in [0.05, 0.1) is 18.4 Å². The summed E-state index contributed by atoms with van der Waals surface area (Å²) in [5, 5.41) is 14.8. The first-order valence-corrected chi connectivity index (χ1v) is 7.13. The van der Waals surface area contributed by atoms with E-state index in [4.69, 9.17) is 9.84 Å². The number of anilines is 2. The maximum Gasteiger partial charge on any atom is 0.253 e. The summed E-state index contributed by atoms with van der Waals surface area (Å²) < 4.78 is 5.12. The van der Waals surface area contributed by atoms with E-state index in [0.29, 0.717) is 18.5 Å². The molecule has 0 aliphatic heterocycles. The van der Waals surface area contributed by atoms with Gasteiger partial charge < -0.3 is 20.5 Å². The molecule has 22 heavy (non-hydrogen) atoms. The highest BCUT2D eigenvalue weighted by molar-refractivity contribution is 6.00. The summed E-state index contributed by atoms with van der Waals surface area (Å²) in [6, 6.07) is 14.8. The molecule has 0 saturated heterocycles. The summed E-state index contributed by atoms with van der Waals surface area (Å²) in [4.78, 5) is 12.2. The third-order valence-corrected chi connectivity index (χ3v) is 3.16. The van der Waals surface area contributed by atoms with E-state index in [1.165, 1.54) is 0 Å². The second-order valence-electron chi connectivity index (χ2n) is 4.73. The number of ether oxygens (including phenoxy) is 1. The van der Waals surface area contributed by atoms with Crippen LogP contribution in [0.25, 0.3) is 0 Å². The minimum absolute atomic E-state index is 0.0615. The number of rotatable bonds is 7. The van der Waals surface area contributed by atoms with Gasteiger partial charge in [0.1, 0.15) is 5.75 Å². The Morgan fingerprint density at radius 1 is 1.14 bits per heavy atom. The lowest BCUT2D eigenvalue weighted by molar-refractivity contribution is 0.0952. The van der Waals surface area contributed by atoms with E-state index in [0.717, 1.165) is 17.1 Å². The molecule has 0 aromatic heterocycles. The second kappa shape index (κ2) is 8.05. The molecule has 1 amide bonds. The number of nitrogens with one attached hydrogen (secondary N) is 2. The van der Waals surface area contributed by atoms with Crippen molar-refractivity contribution < 1.29 is 14.6 Å². The molecule has 0 heterocycles. The molecule has 0 unspecified atom stereocenters. The predicted octanol–water partition coefficient (Wildman–Crippen LogP) is 2.55. The van der Waals surface area contributed by atoms with Crippen molar-refractivity contribution in [2.24, 2.45) is 0 Å². The number of amides is 1. The molecule has 0 aliphatic carbocycles. The number of para-hydroxylation sites is 1. The summed E-state index contributed by atoms with van der Waals surface area (Å²) in [6.45, 7) is 0.512. The van der Waals surface area contributed by atoms with Gasteiger partial charge in [-0.1, -0.05) is 12.1 Å². The number of carbonyl (C=O) groups is 1. The molecule has 0 radical (unpaired) electrons. The molecular formula is C17H20N2O3. The minimum atomic E-state index is -0.162. The standard InChI is InChI=1S/C17H20N2O3/c1-22-14-9-7-13(8-10-14)19-16-6-3-2-5-15(16)17(21)18-11-4-12-20/h2-3,5-10,19-20H,4,11-12H2,1H3,(H,18,21). The molecular weight excluding hydrogens is 280 g/mol. The van der Waals surface area contributed by atoms with Gasteiger partial charge >= 0.3 is 0 Å². The third-order valence-electron chi connectivity index (χ3n) is 3.16. The van der Waals surface area contributed by atoms with Gasteiger partial charge in [-0.15, -0.1) is 0 Å². The number of hydrogen-bond donors (Lipinski definition) is 3. The lowest BCUT2D eigenvalue weighted by Gasteiger charge is -2.12. The van der Waals surface area contributed by atoms with E-state index >= 15 is 0 Å². The minimum Gasteiger partial charge on any atom is -0.497 e. The van der Waals surface area contributed by atoms with Crippen LogP contribution in [-0.2, 0) is 0 Å². The first kappa shape index (κ1) is 15.9. The maximum absolute atomic E-state index is 12.2. The highest BCUT2D eigenvalue weighted by Crippen LogP contribution is 2.22. The zero-order chi connectivity index (χ0) is 15.8. The van der Waals surface area contributed by atoms with E-state index in [9.17, 15) is 4.79 Å². The van der Waals surface area contributed by atoms with E-state index in [-0.39, 0.29) is 12.5 Å². The van der Waals surface area contributed by atoms with Crippen molar-refractivity contribution in [1.82, 2.24) is 5.32 Å². The van der Waals surface area contributed by atoms with E-state index < -0.39 is 0 Å². The number of carbonyl (C=O) groups excluding carboxylic acids is 1. The van der Waals surface area contributed by atoms with Crippen LogP contribution < -0.4 is 15.4 Å². The molecule has 0 spiro atoms. The number of aliphatic hydroxyl groups is 1. The lowest BCUT2D eigenvalue weighted by atomic mass is 10.1. The smallest absolute Gasteiger partial charge is 0.253 e. The Morgan fingerprint density at radius 2 is 1.86 bits per heavy atom. The van der Waals surface area contributed by atoms with Crippen LogP contribution >= 0.6 is 0 Å². The fourth-order valence-electron chi connectivity index (χ4n) is 2.00. The van der Waals surface area contributed by atoms with Crippen LogP contribution in [0.1, 0.15) is 16.8 Å². The molecule has 0 aliphatic rings. The average Bonchev–Trinajstić information content (AvgIpc) is 2.56. The number of benzene rings is 2. The Morgan fingerprint density at radius 3 is 2.55 bits per heavy atom. The van der Waals surface area contributed by atoms with Crippen molar-refractivity contribution >= 4 is 17.3 Å². The van der Waals surface area contributed by atoms with Crippen molar-refractivity contribution in [3.05, 3.63) is 54.1 Å². The molecule has 0 saturated carbocycles. The van der Waals surface area contributed by atoms with Crippen LogP contribution in [0.5, 0.6) is 5.75 Å². The van der Waals surface area contributed by atoms with Gasteiger partial charge in [-0.05, 0) is 42.8 Å². The fraction of sp³-hybridized carbons (Fsp3) is 0.235. The van der Waals surface area contributed by atoms with Gasteiger partial charge in [0, 0.05) is 18.8 Å². The van der Waals surface area contributed by atoms with Crippen molar-refractivity contribution in [2.75, 3.05) is 25.6 Å². The first-order chi connectivity index (χ1) is 10.7. The summed E-state index contributed by atoms with van der Waals surface area (Å²) in [7, 11) is 1.62. The first-order valence-electron chi connectivity index (χ1n) is 7.13. The quantitative estimate of drug-likeness (QED) is 0.687. The molecule has 2 aromatic rings. The van der Waals surface area contributed by atoms with Crippen molar-refractivity contribution in [3.8, 4) is 5.75 Å².